The minimum absolute atomic E-state index is 0.385. The summed E-state index contributed by atoms with van der Waals surface area (Å²) in [7, 11) is 2.24. The van der Waals surface area contributed by atoms with Gasteiger partial charge < -0.3 is 4.74 Å². The Hall–Kier alpha value is -0.0800. The van der Waals surface area contributed by atoms with Crippen LogP contribution in [0.3, 0.4) is 0 Å². The van der Waals surface area contributed by atoms with Crippen LogP contribution in [0, 0.1) is 5.92 Å². The number of fused-ring (bicyclic) bond motifs is 1. The zero-order chi connectivity index (χ0) is 8.72. The second-order valence-electron chi connectivity index (χ2n) is 4.50. The SMILES string of the molecule is CC(C)OCC1CC2CC2N1C. The molecule has 3 atom stereocenters. The summed E-state index contributed by atoms with van der Waals surface area (Å²) in [5.74, 6) is 1.01. The highest BCUT2D eigenvalue weighted by Crippen LogP contribution is 2.46. The van der Waals surface area contributed by atoms with Gasteiger partial charge in [0.25, 0.3) is 0 Å². The van der Waals surface area contributed by atoms with Gasteiger partial charge in [-0.3, -0.25) is 4.90 Å². The molecule has 3 unspecified atom stereocenters. The Bertz CT molecular complexity index is 169. The number of hydrogen-bond donors (Lipinski definition) is 0. The van der Waals surface area contributed by atoms with Gasteiger partial charge in [-0.2, -0.15) is 0 Å². The molecule has 2 aliphatic rings. The first-order chi connectivity index (χ1) is 5.68. The van der Waals surface area contributed by atoms with E-state index in [9.17, 15) is 0 Å². The average molecular weight is 169 g/mol. The Morgan fingerprint density at radius 3 is 2.67 bits per heavy atom. The second kappa shape index (κ2) is 3.00. The largest absolute Gasteiger partial charge is 0.377 e. The third-order valence-corrected chi connectivity index (χ3v) is 3.18. The fourth-order valence-corrected chi connectivity index (χ4v) is 2.26. The van der Waals surface area contributed by atoms with Gasteiger partial charge in [-0.15, -0.1) is 0 Å². The van der Waals surface area contributed by atoms with Gasteiger partial charge in [0.05, 0.1) is 12.7 Å². The number of rotatable bonds is 3. The van der Waals surface area contributed by atoms with Gasteiger partial charge in [0.2, 0.25) is 0 Å². The monoisotopic (exact) mass is 169 g/mol. The molecule has 0 N–H and O–H groups in total. The summed E-state index contributed by atoms with van der Waals surface area (Å²) in [6.45, 7) is 5.15. The number of likely N-dealkylation sites (tertiary alicyclic amines) is 1. The summed E-state index contributed by atoms with van der Waals surface area (Å²) in [4.78, 5) is 2.51. The molecule has 1 aliphatic carbocycles. The van der Waals surface area contributed by atoms with Gasteiger partial charge in [-0.25, -0.2) is 0 Å². The lowest BCUT2D eigenvalue weighted by molar-refractivity contribution is 0.0371. The smallest absolute Gasteiger partial charge is 0.0625 e. The van der Waals surface area contributed by atoms with Crippen LogP contribution < -0.4 is 0 Å². The molecule has 2 heteroatoms. The highest BCUT2D eigenvalue weighted by Gasteiger charge is 2.49. The van der Waals surface area contributed by atoms with E-state index in [1.54, 1.807) is 0 Å². The molecule has 1 aliphatic heterocycles. The normalized spacial score (nSPS) is 40.5. The van der Waals surface area contributed by atoms with Crippen LogP contribution in [0.1, 0.15) is 26.7 Å². The van der Waals surface area contributed by atoms with Crippen LogP contribution in [0.2, 0.25) is 0 Å². The quantitative estimate of drug-likeness (QED) is 0.635. The van der Waals surface area contributed by atoms with Gasteiger partial charge >= 0.3 is 0 Å². The standard InChI is InChI=1S/C10H19NO/c1-7(2)12-6-9-4-8-5-10(8)11(9)3/h7-10H,4-6H2,1-3H3. The average Bonchev–Trinajstić information content (AvgIpc) is 2.70. The topological polar surface area (TPSA) is 12.5 Å². The summed E-state index contributed by atoms with van der Waals surface area (Å²) in [5.41, 5.74) is 0. The third-order valence-electron chi connectivity index (χ3n) is 3.18. The number of nitrogens with zero attached hydrogens (tertiary/aromatic N) is 1. The van der Waals surface area contributed by atoms with E-state index in [-0.39, 0.29) is 0 Å². The Morgan fingerprint density at radius 2 is 2.17 bits per heavy atom. The van der Waals surface area contributed by atoms with Crippen molar-refractivity contribution in [3.63, 3.8) is 0 Å². The molecule has 0 aromatic carbocycles. The number of hydrogen-bond acceptors (Lipinski definition) is 2. The molecule has 12 heavy (non-hydrogen) atoms. The Kier molecular flexibility index (Phi) is 2.13. The summed E-state index contributed by atoms with van der Waals surface area (Å²) < 4.78 is 5.62. The summed E-state index contributed by atoms with van der Waals surface area (Å²) in [6.07, 6.45) is 3.19. The van der Waals surface area contributed by atoms with Gasteiger partial charge in [0, 0.05) is 12.1 Å². The van der Waals surface area contributed by atoms with Crippen molar-refractivity contribution in [2.75, 3.05) is 13.7 Å². The molecule has 70 valence electrons. The molecule has 0 amide bonds. The van der Waals surface area contributed by atoms with E-state index in [0.29, 0.717) is 12.1 Å². The summed E-state index contributed by atoms with van der Waals surface area (Å²) >= 11 is 0. The molecule has 0 bridgehead atoms. The van der Waals surface area contributed by atoms with Crippen LogP contribution in [-0.2, 0) is 4.74 Å². The molecule has 0 spiro atoms. The van der Waals surface area contributed by atoms with Crippen molar-refractivity contribution < 1.29 is 4.74 Å². The van der Waals surface area contributed by atoms with Gasteiger partial charge in [0.1, 0.15) is 0 Å². The van der Waals surface area contributed by atoms with E-state index in [1.807, 2.05) is 0 Å². The second-order valence-corrected chi connectivity index (χ2v) is 4.50. The fourth-order valence-electron chi connectivity index (χ4n) is 2.26. The number of likely N-dealkylation sites (N-methyl/N-ethyl adjacent to an activating group) is 1. The van der Waals surface area contributed by atoms with Gasteiger partial charge in [-0.05, 0) is 39.7 Å². The maximum absolute atomic E-state index is 5.62. The minimum atomic E-state index is 0.385. The molecule has 0 aromatic rings. The first kappa shape index (κ1) is 8.52. The van der Waals surface area contributed by atoms with Crippen molar-refractivity contribution in [3.05, 3.63) is 0 Å². The Labute approximate surface area is 74.9 Å². The molecule has 1 saturated heterocycles. The van der Waals surface area contributed by atoms with Crippen LogP contribution in [0.4, 0.5) is 0 Å². The third kappa shape index (κ3) is 1.50. The van der Waals surface area contributed by atoms with Crippen molar-refractivity contribution in [2.24, 2.45) is 5.92 Å². The maximum Gasteiger partial charge on any atom is 0.0625 e. The van der Waals surface area contributed by atoms with Gasteiger partial charge in [-0.1, -0.05) is 0 Å². The molecule has 2 rings (SSSR count). The highest BCUT2D eigenvalue weighted by atomic mass is 16.5. The van der Waals surface area contributed by atoms with Crippen molar-refractivity contribution in [3.8, 4) is 0 Å². The summed E-state index contributed by atoms with van der Waals surface area (Å²) in [5, 5.41) is 0. The van der Waals surface area contributed by atoms with Crippen LogP contribution in [0.25, 0.3) is 0 Å². The van der Waals surface area contributed by atoms with Crippen molar-refractivity contribution in [1.29, 1.82) is 0 Å². The van der Waals surface area contributed by atoms with Crippen molar-refractivity contribution in [2.45, 2.75) is 44.9 Å². The van der Waals surface area contributed by atoms with Gasteiger partial charge in [0.15, 0.2) is 0 Å². The van der Waals surface area contributed by atoms with Crippen LogP contribution >= 0.6 is 0 Å². The molecule has 1 heterocycles. The Morgan fingerprint density at radius 1 is 1.42 bits per heavy atom. The van der Waals surface area contributed by atoms with E-state index in [2.05, 4.69) is 25.8 Å². The van der Waals surface area contributed by atoms with Crippen molar-refractivity contribution >= 4 is 0 Å². The molecule has 2 nitrogen and oxygen atoms in total. The van der Waals surface area contributed by atoms with Crippen molar-refractivity contribution in [1.82, 2.24) is 4.90 Å². The molecular formula is C10H19NO. The van der Waals surface area contributed by atoms with Crippen LogP contribution in [0.5, 0.6) is 0 Å². The molecule has 1 saturated carbocycles. The predicted octanol–water partition coefficient (Wildman–Crippen LogP) is 1.50. The molecular weight excluding hydrogens is 150 g/mol. The lowest BCUT2D eigenvalue weighted by Crippen LogP contribution is -2.33. The molecule has 0 radical (unpaired) electrons. The minimum Gasteiger partial charge on any atom is -0.377 e. The van der Waals surface area contributed by atoms with Crippen LogP contribution in [0.15, 0.2) is 0 Å². The highest BCUT2D eigenvalue weighted by molar-refractivity contribution is 5.04. The Balaban J connectivity index is 1.75. The van der Waals surface area contributed by atoms with E-state index in [1.165, 1.54) is 12.8 Å². The van der Waals surface area contributed by atoms with E-state index < -0.39 is 0 Å². The number of ether oxygens (including phenoxy) is 1. The molecule has 2 fully saturated rings. The first-order valence-corrected chi connectivity index (χ1v) is 5.02. The van der Waals surface area contributed by atoms with E-state index in [0.717, 1.165) is 18.6 Å². The fraction of sp³-hybridized carbons (Fsp3) is 1.00. The molecule has 0 aromatic heterocycles. The number of piperidine rings is 1. The predicted molar refractivity (Wildman–Crippen MR) is 49.2 cm³/mol. The zero-order valence-electron chi connectivity index (χ0n) is 8.29. The zero-order valence-corrected chi connectivity index (χ0v) is 8.29. The van der Waals surface area contributed by atoms with E-state index in [4.69, 9.17) is 4.74 Å². The van der Waals surface area contributed by atoms with Crippen LogP contribution in [-0.4, -0.2) is 36.7 Å². The summed E-state index contributed by atoms with van der Waals surface area (Å²) in [6, 6.07) is 1.61. The lowest BCUT2D eigenvalue weighted by Gasteiger charge is -2.23. The first-order valence-electron chi connectivity index (χ1n) is 5.02. The maximum atomic E-state index is 5.62. The van der Waals surface area contributed by atoms with E-state index >= 15 is 0 Å². The lowest BCUT2D eigenvalue weighted by atomic mass is 10.2.